The molecule has 1 aliphatic carbocycles. The number of hydrogen-bond donors (Lipinski definition) is 2. The number of aromatic nitrogens is 3. The zero-order valence-corrected chi connectivity index (χ0v) is 14.7. The number of carbonyl (C=O) groups excluding carboxylic acids is 1. The lowest BCUT2D eigenvalue weighted by Crippen LogP contribution is -2.48. The number of amides is 2. The van der Waals surface area contributed by atoms with Gasteiger partial charge in [-0.25, -0.2) is 9.48 Å². The molecular formula is C18H25N5O2. The predicted octanol–water partition coefficient (Wildman–Crippen LogP) is 2.44. The Bertz CT molecular complexity index is 680. The van der Waals surface area contributed by atoms with Crippen LogP contribution in [0.3, 0.4) is 0 Å². The van der Waals surface area contributed by atoms with Gasteiger partial charge in [-0.15, -0.1) is 5.10 Å². The Balaban J connectivity index is 1.51. The number of ether oxygens (including phenoxy) is 1. The molecule has 1 aromatic heterocycles. The molecule has 0 bridgehead atoms. The summed E-state index contributed by atoms with van der Waals surface area (Å²) in [4.78, 5) is 12.2. The second-order valence-electron chi connectivity index (χ2n) is 6.77. The summed E-state index contributed by atoms with van der Waals surface area (Å²) in [6.07, 6.45) is 6.86. The van der Waals surface area contributed by atoms with Crippen molar-refractivity contribution in [3.8, 4) is 5.69 Å². The van der Waals surface area contributed by atoms with Gasteiger partial charge in [0.25, 0.3) is 0 Å². The number of rotatable bonds is 7. The van der Waals surface area contributed by atoms with Crippen LogP contribution in [0.2, 0.25) is 0 Å². The van der Waals surface area contributed by atoms with Gasteiger partial charge >= 0.3 is 6.03 Å². The molecule has 1 fully saturated rings. The second kappa shape index (κ2) is 7.65. The van der Waals surface area contributed by atoms with E-state index in [0.29, 0.717) is 13.2 Å². The smallest absolute Gasteiger partial charge is 0.315 e. The lowest BCUT2D eigenvalue weighted by molar-refractivity contribution is 0.0200. The van der Waals surface area contributed by atoms with Gasteiger partial charge in [-0.1, -0.05) is 23.8 Å². The van der Waals surface area contributed by atoms with Gasteiger partial charge in [0.15, 0.2) is 0 Å². The molecule has 134 valence electrons. The van der Waals surface area contributed by atoms with Crippen LogP contribution in [0.1, 0.15) is 37.8 Å². The highest BCUT2D eigenvalue weighted by atomic mass is 16.5. The molecule has 3 rings (SSSR count). The van der Waals surface area contributed by atoms with E-state index in [4.69, 9.17) is 4.74 Å². The van der Waals surface area contributed by atoms with E-state index >= 15 is 0 Å². The lowest BCUT2D eigenvalue weighted by atomic mass is 9.69. The molecule has 1 atom stereocenters. The van der Waals surface area contributed by atoms with Crippen LogP contribution in [-0.2, 0) is 4.74 Å². The van der Waals surface area contributed by atoms with Crippen molar-refractivity contribution in [1.29, 1.82) is 0 Å². The minimum Gasteiger partial charge on any atom is -0.384 e. The summed E-state index contributed by atoms with van der Waals surface area (Å²) in [5.41, 5.74) is 2.09. The van der Waals surface area contributed by atoms with Crippen molar-refractivity contribution in [3.05, 3.63) is 42.2 Å². The minimum absolute atomic E-state index is 0.0791. The molecule has 0 aliphatic heterocycles. The molecule has 0 spiro atoms. The maximum Gasteiger partial charge on any atom is 0.315 e. The summed E-state index contributed by atoms with van der Waals surface area (Å²) < 4.78 is 6.99. The van der Waals surface area contributed by atoms with Crippen LogP contribution >= 0.6 is 0 Å². The SMILES string of the molecule is COCC1(CNC(=O)N[C@@H](C)c2ccc(-n3ccnn3)cc2)CCC1. The largest absolute Gasteiger partial charge is 0.384 e. The quantitative estimate of drug-likeness (QED) is 0.809. The van der Waals surface area contributed by atoms with Crippen LogP contribution in [0.15, 0.2) is 36.7 Å². The molecule has 2 N–H and O–H groups in total. The third-order valence-electron chi connectivity index (χ3n) is 4.92. The van der Waals surface area contributed by atoms with Gasteiger partial charge < -0.3 is 15.4 Å². The van der Waals surface area contributed by atoms with Crippen LogP contribution in [0.25, 0.3) is 5.69 Å². The molecule has 0 radical (unpaired) electrons. The molecule has 7 nitrogen and oxygen atoms in total. The van der Waals surface area contributed by atoms with E-state index in [-0.39, 0.29) is 17.5 Å². The molecule has 1 aromatic carbocycles. The number of hydrogen-bond acceptors (Lipinski definition) is 4. The van der Waals surface area contributed by atoms with Crippen molar-refractivity contribution in [2.75, 3.05) is 20.3 Å². The molecule has 1 aliphatic rings. The van der Waals surface area contributed by atoms with E-state index in [1.807, 2.05) is 31.2 Å². The van der Waals surface area contributed by atoms with Crippen LogP contribution in [-0.4, -0.2) is 41.3 Å². The monoisotopic (exact) mass is 343 g/mol. The Morgan fingerprint density at radius 3 is 2.68 bits per heavy atom. The van der Waals surface area contributed by atoms with Crippen LogP contribution in [0.4, 0.5) is 4.79 Å². The maximum atomic E-state index is 12.2. The first-order valence-corrected chi connectivity index (χ1v) is 8.62. The number of benzene rings is 1. The van der Waals surface area contributed by atoms with Gasteiger partial charge in [-0.05, 0) is 37.5 Å². The second-order valence-corrected chi connectivity index (χ2v) is 6.77. The molecule has 1 saturated carbocycles. The first-order chi connectivity index (χ1) is 12.1. The summed E-state index contributed by atoms with van der Waals surface area (Å²) in [7, 11) is 1.71. The van der Waals surface area contributed by atoms with Crippen LogP contribution in [0.5, 0.6) is 0 Å². The first kappa shape index (κ1) is 17.4. The Labute approximate surface area is 147 Å². The Kier molecular flexibility index (Phi) is 5.33. The Morgan fingerprint density at radius 1 is 1.36 bits per heavy atom. The van der Waals surface area contributed by atoms with Crippen LogP contribution in [0, 0.1) is 5.41 Å². The zero-order valence-electron chi connectivity index (χ0n) is 14.7. The average Bonchev–Trinajstić information content (AvgIpc) is 3.12. The molecule has 1 heterocycles. The van der Waals surface area contributed by atoms with Gasteiger partial charge in [-0.2, -0.15) is 0 Å². The molecule has 7 heteroatoms. The fourth-order valence-electron chi connectivity index (χ4n) is 3.22. The Hall–Kier alpha value is -2.41. The summed E-state index contributed by atoms with van der Waals surface area (Å²) in [6.45, 7) is 3.33. The average molecular weight is 343 g/mol. The lowest BCUT2D eigenvalue weighted by Gasteiger charge is -2.41. The van der Waals surface area contributed by atoms with Crippen molar-refractivity contribution in [2.24, 2.45) is 5.41 Å². The van der Waals surface area contributed by atoms with Crippen molar-refractivity contribution >= 4 is 6.03 Å². The Morgan fingerprint density at radius 2 is 2.12 bits per heavy atom. The molecule has 25 heavy (non-hydrogen) atoms. The number of nitrogens with one attached hydrogen (secondary N) is 2. The zero-order chi connectivity index (χ0) is 17.7. The topological polar surface area (TPSA) is 81.1 Å². The van der Waals surface area contributed by atoms with Crippen molar-refractivity contribution in [3.63, 3.8) is 0 Å². The maximum absolute atomic E-state index is 12.2. The minimum atomic E-state index is -0.143. The van der Waals surface area contributed by atoms with E-state index in [1.54, 1.807) is 24.2 Å². The highest BCUT2D eigenvalue weighted by molar-refractivity contribution is 5.74. The van der Waals surface area contributed by atoms with Gasteiger partial charge in [0, 0.05) is 19.1 Å². The molecular weight excluding hydrogens is 318 g/mol. The molecule has 2 amide bonds. The number of nitrogens with zero attached hydrogens (tertiary/aromatic N) is 3. The number of carbonyl (C=O) groups is 1. The normalized spacial score (nSPS) is 16.7. The van der Waals surface area contributed by atoms with Gasteiger partial charge in [0.2, 0.25) is 0 Å². The molecule has 0 unspecified atom stereocenters. The van der Waals surface area contributed by atoms with E-state index in [9.17, 15) is 4.79 Å². The predicted molar refractivity (Wildman–Crippen MR) is 94.5 cm³/mol. The third kappa shape index (κ3) is 4.17. The van der Waals surface area contributed by atoms with E-state index in [0.717, 1.165) is 24.1 Å². The van der Waals surface area contributed by atoms with E-state index in [2.05, 4.69) is 20.9 Å². The van der Waals surface area contributed by atoms with Crippen molar-refractivity contribution in [2.45, 2.75) is 32.2 Å². The van der Waals surface area contributed by atoms with E-state index < -0.39 is 0 Å². The fourth-order valence-corrected chi connectivity index (χ4v) is 3.22. The van der Waals surface area contributed by atoms with Gasteiger partial charge in [-0.3, -0.25) is 0 Å². The van der Waals surface area contributed by atoms with Gasteiger partial charge in [0.05, 0.1) is 30.7 Å². The van der Waals surface area contributed by atoms with Gasteiger partial charge in [0.1, 0.15) is 0 Å². The summed E-state index contributed by atoms with van der Waals surface area (Å²) in [5.74, 6) is 0. The van der Waals surface area contributed by atoms with Crippen molar-refractivity contribution < 1.29 is 9.53 Å². The van der Waals surface area contributed by atoms with E-state index in [1.165, 1.54) is 6.42 Å². The number of urea groups is 1. The van der Waals surface area contributed by atoms with Crippen LogP contribution < -0.4 is 10.6 Å². The third-order valence-corrected chi connectivity index (χ3v) is 4.92. The summed E-state index contributed by atoms with van der Waals surface area (Å²) in [6, 6.07) is 7.67. The summed E-state index contributed by atoms with van der Waals surface area (Å²) >= 11 is 0. The number of methoxy groups -OCH3 is 1. The highest BCUT2D eigenvalue weighted by Gasteiger charge is 2.37. The van der Waals surface area contributed by atoms with Crippen molar-refractivity contribution in [1.82, 2.24) is 25.6 Å². The molecule has 0 saturated heterocycles. The first-order valence-electron chi connectivity index (χ1n) is 8.62. The molecule has 2 aromatic rings. The fraction of sp³-hybridized carbons (Fsp3) is 0.500. The standard InChI is InChI=1S/C18H25N5O2/c1-14(15-4-6-16(7-5-15)23-11-10-20-22-23)21-17(24)19-12-18(13-25-2)8-3-9-18/h4-7,10-11,14H,3,8-9,12-13H2,1-2H3,(H2,19,21,24)/t14-/m0/s1. The highest BCUT2D eigenvalue weighted by Crippen LogP contribution is 2.40. The summed E-state index contributed by atoms with van der Waals surface area (Å²) in [5, 5.41) is 13.7.